The Hall–Kier alpha value is -3.49. The minimum absolute atomic E-state index is 0.0917. The largest absolute Gasteiger partial charge is 0.481 e. The van der Waals surface area contributed by atoms with Gasteiger partial charge >= 0.3 is 0 Å². The van der Waals surface area contributed by atoms with E-state index in [4.69, 9.17) is 26.1 Å². The summed E-state index contributed by atoms with van der Waals surface area (Å²) in [4.78, 5) is 26.0. The van der Waals surface area contributed by atoms with Crippen LogP contribution in [0.3, 0.4) is 0 Å². The second-order valence-corrected chi connectivity index (χ2v) is 9.22. The molecule has 2 aromatic heterocycles. The summed E-state index contributed by atoms with van der Waals surface area (Å²) in [6, 6.07) is 15.7. The lowest BCUT2D eigenvalue weighted by atomic mass is 10.1. The van der Waals surface area contributed by atoms with Gasteiger partial charge in [-0.3, -0.25) is 9.36 Å². The van der Waals surface area contributed by atoms with Crippen molar-refractivity contribution >= 4 is 11.6 Å². The number of benzene rings is 2. The van der Waals surface area contributed by atoms with Crippen molar-refractivity contribution in [3.05, 3.63) is 98.6 Å². The highest BCUT2D eigenvalue weighted by atomic mass is 35.5. The summed E-state index contributed by atoms with van der Waals surface area (Å²) >= 11 is 6.45. The number of halogens is 2. The van der Waals surface area contributed by atoms with Crippen LogP contribution >= 0.6 is 11.6 Å². The fourth-order valence-electron chi connectivity index (χ4n) is 4.10. The zero-order chi connectivity index (χ0) is 24.6. The molecule has 1 aliphatic heterocycles. The monoisotopic (exact) mass is 494 g/mol. The number of nitrogens with one attached hydrogen (secondary N) is 1. The average molecular weight is 495 g/mol. The number of H-pyrrole nitrogens is 1. The molecule has 3 heterocycles. The predicted octanol–water partition coefficient (Wildman–Crippen LogP) is 4.86. The molecule has 9 heteroatoms. The molecule has 0 unspecified atom stereocenters. The third kappa shape index (κ3) is 4.72. The van der Waals surface area contributed by atoms with Crippen molar-refractivity contribution in [1.29, 1.82) is 0 Å². The molecule has 0 aliphatic carbocycles. The quantitative estimate of drug-likeness (QED) is 0.414. The topological polar surface area (TPSA) is 82.0 Å². The third-order valence-corrected chi connectivity index (χ3v) is 6.23. The van der Waals surface area contributed by atoms with E-state index in [-0.39, 0.29) is 34.6 Å². The molecule has 4 aromatic rings. The van der Waals surface area contributed by atoms with E-state index in [1.54, 1.807) is 16.7 Å². The van der Waals surface area contributed by atoms with Crippen LogP contribution in [0.25, 0.3) is 11.5 Å². The van der Waals surface area contributed by atoms with Crippen LogP contribution in [0.15, 0.2) is 59.4 Å². The SMILES string of the molecule is CC1(C)OCCn2c1nc(-c1nc(Cl)c(Cc3ccc(F)cc3)[nH]1)c(OCc1ccccc1)c2=O. The van der Waals surface area contributed by atoms with Gasteiger partial charge in [-0.2, -0.15) is 0 Å². The maximum atomic E-state index is 13.6. The first-order chi connectivity index (χ1) is 16.8. The summed E-state index contributed by atoms with van der Waals surface area (Å²) in [6.07, 6.45) is 0.408. The van der Waals surface area contributed by atoms with Crippen molar-refractivity contribution < 1.29 is 13.9 Å². The number of fused-ring (bicyclic) bond motifs is 1. The van der Waals surface area contributed by atoms with E-state index in [2.05, 4.69) is 9.97 Å². The summed E-state index contributed by atoms with van der Waals surface area (Å²) in [5.74, 6) is 0.587. The molecule has 2 aromatic carbocycles. The fraction of sp³-hybridized carbons (Fsp3) is 0.269. The molecule has 0 saturated carbocycles. The smallest absolute Gasteiger partial charge is 0.296 e. The Bertz CT molecular complexity index is 1420. The summed E-state index contributed by atoms with van der Waals surface area (Å²) in [5, 5.41) is 0.244. The number of rotatable bonds is 6. The van der Waals surface area contributed by atoms with E-state index in [1.165, 1.54) is 12.1 Å². The molecular formula is C26H24ClFN4O3. The highest BCUT2D eigenvalue weighted by Crippen LogP contribution is 2.32. The van der Waals surface area contributed by atoms with Crippen molar-refractivity contribution in [2.75, 3.05) is 6.61 Å². The van der Waals surface area contributed by atoms with E-state index in [0.717, 1.165) is 11.1 Å². The lowest BCUT2D eigenvalue weighted by Crippen LogP contribution is -2.41. The van der Waals surface area contributed by atoms with Gasteiger partial charge in [0.25, 0.3) is 5.56 Å². The van der Waals surface area contributed by atoms with Gasteiger partial charge in [0.15, 0.2) is 16.7 Å². The van der Waals surface area contributed by atoms with Gasteiger partial charge in [-0.1, -0.05) is 54.1 Å². The van der Waals surface area contributed by atoms with Crippen LogP contribution in [-0.4, -0.2) is 26.1 Å². The summed E-state index contributed by atoms with van der Waals surface area (Å²) in [7, 11) is 0. The molecule has 0 spiro atoms. The van der Waals surface area contributed by atoms with E-state index >= 15 is 0 Å². The summed E-state index contributed by atoms with van der Waals surface area (Å²) < 4.78 is 26.8. The first-order valence-corrected chi connectivity index (χ1v) is 11.6. The summed E-state index contributed by atoms with van der Waals surface area (Å²) in [5.41, 5.74) is 1.60. The fourth-order valence-corrected chi connectivity index (χ4v) is 4.30. The minimum atomic E-state index is -0.766. The molecule has 0 fully saturated rings. The molecule has 1 aliphatic rings. The summed E-state index contributed by atoms with van der Waals surface area (Å²) in [6.45, 7) is 4.71. The molecule has 180 valence electrons. The van der Waals surface area contributed by atoms with Crippen LogP contribution < -0.4 is 10.3 Å². The molecule has 0 saturated heterocycles. The number of hydrogen-bond donors (Lipinski definition) is 1. The van der Waals surface area contributed by atoms with Crippen LogP contribution in [-0.2, 0) is 29.9 Å². The Morgan fingerprint density at radius 3 is 2.60 bits per heavy atom. The van der Waals surface area contributed by atoms with E-state index in [0.29, 0.717) is 36.9 Å². The van der Waals surface area contributed by atoms with Crippen molar-refractivity contribution in [3.8, 4) is 17.3 Å². The first kappa shape index (κ1) is 23.3. The Morgan fingerprint density at radius 2 is 1.86 bits per heavy atom. The number of nitrogens with zero attached hydrogens (tertiary/aromatic N) is 3. The standard InChI is InChI=1S/C26H24ClFN4O3/c1-26(2)25-30-20(23-29-19(22(27)31-23)14-16-8-10-18(28)11-9-16)21(24(33)32(25)12-13-35-26)34-15-17-6-4-3-5-7-17/h3-11H,12-15H2,1-2H3,(H,29,31). The Kier molecular flexibility index (Phi) is 6.17. The molecule has 7 nitrogen and oxygen atoms in total. The van der Waals surface area contributed by atoms with Gasteiger partial charge in [0.05, 0.1) is 18.8 Å². The lowest BCUT2D eigenvalue weighted by Gasteiger charge is -2.32. The number of aromatic amines is 1. The van der Waals surface area contributed by atoms with Crippen molar-refractivity contribution in [2.24, 2.45) is 0 Å². The average Bonchev–Trinajstić information content (AvgIpc) is 3.20. The van der Waals surface area contributed by atoms with Gasteiger partial charge in [0.2, 0.25) is 5.75 Å². The maximum absolute atomic E-state index is 13.6. The van der Waals surface area contributed by atoms with Crippen LogP contribution in [0.5, 0.6) is 5.75 Å². The van der Waals surface area contributed by atoms with E-state index < -0.39 is 5.60 Å². The van der Waals surface area contributed by atoms with Crippen LogP contribution in [0.2, 0.25) is 5.15 Å². The predicted molar refractivity (Wildman–Crippen MR) is 130 cm³/mol. The molecular weight excluding hydrogens is 471 g/mol. The molecule has 35 heavy (non-hydrogen) atoms. The second kappa shape index (κ2) is 9.28. The number of hydrogen-bond acceptors (Lipinski definition) is 5. The van der Waals surface area contributed by atoms with Crippen LogP contribution in [0.1, 0.15) is 36.5 Å². The van der Waals surface area contributed by atoms with Gasteiger partial charge in [-0.05, 0) is 37.1 Å². The molecule has 1 N–H and O–H groups in total. The molecule has 0 atom stereocenters. The molecule has 0 radical (unpaired) electrons. The van der Waals surface area contributed by atoms with Crippen molar-refractivity contribution in [2.45, 2.75) is 39.0 Å². The van der Waals surface area contributed by atoms with Crippen LogP contribution in [0.4, 0.5) is 4.39 Å². The van der Waals surface area contributed by atoms with Gasteiger partial charge in [0.1, 0.15) is 23.8 Å². The van der Waals surface area contributed by atoms with Gasteiger partial charge in [-0.25, -0.2) is 14.4 Å². The lowest BCUT2D eigenvalue weighted by molar-refractivity contribution is -0.0565. The zero-order valence-electron chi connectivity index (χ0n) is 19.3. The molecule has 0 amide bonds. The number of imidazole rings is 1. The van der Waals surface area contributed by atoms with Crippen molar-refractivity contribution in [1.82, 2.24) is 19.5 Å². The van der Waals surface area contributed by atoms with Gasteiger partial charge < -0.3 is 14.5 Å². The first-order valence-electron chi connectivity index (χ1n) is 11.3. The zero-order valence-corrected chi connectivity index (χ0v) is 20.1. The molecule has 0 bridgehead atoms. The number of aromatic nitrogens is 4. The Morgan fingerprint density at radius 1 is 1.11 bits per heavy atom. The van der Waals surface area contributed by atoms with E-state index in [9.17, 15) is 9.18 Å². The highest BCUT2D eigenvalue weighted by molar-refractivity contribution is 6.30. The van der Waals surface area contributed by atoms with Gasteiger partial charge in [-0.15, -0.1) is 0 Å². The molecule has 5 rings (SSSR count). The third-order valence-electron chi connectivity index (χ3n) is 5.92. The minimum Gasteiger partial charge on any atom is -0.481 e. The van der Waals surface area contributed by atoms with Crippen LogP contribution in [0, 0.1) is 5.82 Å². The Balaban J connectivity index is 1.58. The number of ether oxygens (including phenoxy) is 2. The maximum Gasteiger partial charge on any atom is 0.296 e. The highest BCUT2D eigenvalue weighted by Gasteiger charge is 2.34. The normalized spacial score (nSPS) is 14.5. The second-order valence-electron chi connectivity index (χ2n) is 8.86. The van der Waals surface area contributed by atoms with E-state index in [1.807, 2.05) is 44.2 Å². The Labute approximate surface area is 206 Å². The van der Waals surface area contributed by atoms with Crippen molar-refractivity contribution in [3.63, 3.8) is 0 Å². The van der Waals surface area contributed by atoms with Gasteiger partial charge in [0, 0.05) is 6.42 Å².